The van der Waals surface area contributed by atoms with Crippen LogP contribution in [0.1, 0.15) is 31.2 Å². The molecule has 1 aromatic carbocycles. The van der Waals surface area contributed by atoms with E-state index in [9.17, 15) is 9.59 Å². The summed E-state index contributed by atoms with van der Waals surface area (Å²) < 4.78 is 0. The number of nitrogens with one attached hydrogen (secondary N) is 2. The van der Waals surface area contributed by atoms with Crippen LogP contribution in [-0.2, 0) is 0 Å². The van der Waals surface area contributed by atoms with Gasteiger partial charge in [0.2, 0.25) is 0 Å². The summed E-state index contributed by atoms with van der Waals surface area (Å²) in [5.74, 6) is 0. The van der Waals surface area contributed by atoms with E-state index in [1.54, 1.807) is 0 Å². The Morgan fingerprint density at radius 3 is 1.61 bits per heavy atom. The summed E-state index contributed by atoms with van der Waals surface area (Å²) in [6, 6.07) is 5.47. The first-order valence-corrected chi connectivity index (χ1v) is 8.36. The maximum atomic E-state index is 12.2. The fourth-order valence-electron chi connectivity index (χ4n) is 3.14. The Morgan fingerprint density at radius 2 is 1.22 bits per heavy atom. The van der Waals surface area contributed by atoms with Crippen molar-refractivity contribution in [2.75, 3.05) is 36.8 Å². The van der Waals surface area contributed by atoms with E-state index in [1.165, 1.54) is 0 Å². The van der Waals surface area contributed by atoms with Crippen molar-refractivity contribution >= 4 is 23.4 Å². The number of amides is 4. The molecule has 0 radical (unpaired) electrons. The molecule has 3 rings (SSSR count). The maximum Gasteiger partial charge on any atom is 0.321 e. The Labute approximate surface area is 136 Å². The highest BCUT2D eigenvalue weighted by molar-refractivity contribution is 5.94. The second-order valence-corrected chi connectivity index (χ2v) is 6.23. The standard InChI is InChI=1S/C17H24N4O2/c1-13-14(18-16(22)20-9-2-3-10-20)7-6-8-15(13)19-17(23)21-11-4-5-12-21/h6-8H,2-5,9-12H2,1H3,(H,18,22)(H,19,23). The predicted octanol–water partition coefficient (Wildman–Crippen LogP) is 3.25. The van der Waals surface area contributed by atoms with Gasteiger partial charge in [-0.15, -0.1) is 0 Å². The van der Waals surface area contributed by atoms with E-state index in [0.717, 1.165) is 68.8 Å². The van der Waals surface area contributed by atoms with Crippen LogP contribution in [0.5, 0.6) is 0 Å². The van der Waals surface area contributed by atoms with E-state index in [4.69, 9.17) is 0 Å². The van der Waals surface area contributed by atoms with Crippen molar-refractivity contribution in [1.82, 2.24) is 9.80 Å². The zero-order valence-electron chi connectivity index (χ0n) is 13.6. The Hall–Kier alpha value is -2.24. The Bertz CT molecular complexity index is 542. The van der Waals surface area contributed by atoms with Crippen LogP contribution < -0.4 is 10.6 Å². The van der Waals surface area contributed by atoms with Gasteiger partial charge < -0.3 is 20.4 Å². The van der Waals surface area contributed by atoms with Crippen LogP contribution in [0, 0.1) is 6.92 Å². The molecule has 2 aliphatic rings. The molecule has 0 aliphatic carbocycles. The average molecular weight is 316 g/mol. The molecule has 0 bridgehead atoms. The fraction of sp³-hybridized carbons (Fsp3) is 0.529. The fourth-order valence-corrected chi connectivity index (χ4v) is 3.14. The van der Waals surface area contributed by atoms with Crippen molar-refractivity contribution < 1.29 is 9.59 Å². The van der Waals surface area contributed by atoms with Crippen LogP contribution in [0.2, 0.25) is 0 Å². The Balaban J connectivity index is 1.67. The molecule has 124 valence electrons. The van der Waals surface area contributed by atoms with Crippen LogP contribution in [0.25, 0.3) is 0 Å². The van der Waals surface area contributed by atoms with Crippen LogP contribution in [0.3, 0.4) is 0 Å². The molecule has 6 heteroatoms. The van der Waals surface area contributed by atoms with Gasteiger partial charge in [0.15, 0.2) is 0 Å². The molecule has 0 atom stereocenters. The zero-order chi connectivity index (χ0) is 16.2. The minimum Gasteiger partial charge on any atom is -0.325 e. The lowest BCUT2D eigenvalue weighted by Crippen LogP contribution is -2.33. The Morgan fingerprint density at radius 1 is 0.826 bits per heavy atom. The van der Waals surface area contributed by atoms with E-state index in [0.29, 0.717) is 0 Å². The van der Waals surface area contributed by atoms with Gasteiger partial charge in [0.25, 0.3) is 0 Å². The molecule has 0 saturated carbocycles. The molecular weight excluding hydrogens is 292 g/mol. The van der Waals surface area contributed by atoms with Crippen LogP contribution in [0.15, 0.2) is 18.2 Å². The van der Waals surface area contributed by atoms with Gasteiger partial charge in [-0.25, -0.2) is 9.59 Å². The number of rotatable bonds is 2. The number of carbonyl (C=O) groups is 2. The van der Waals surface area contributed by atoms with Gasteiger partial charge >= 0.3 is 12.1 Å². The minimum atomic E-state index is -0.0615. The first-order valence-electron chi connectivity index (χ1n) is 8.36. The molecule has 1 aromatic rings. The first-order chi connectivity index (χ1) is 11.1. The summed E-state index contributed by atoms with van der Waals surface area (Å²) in [6.07, 6.45) is 4.27. The third-order valence-corrected chi connectivity index (χ3v) is 4.60. The van der Waals surface area contributed by atoms with Gasteiger partial charge in [-0.1, -0.05) is 6.07 Å². The molecule has 2 fully saturated rings. The molecule has 2 N–H and O–H groups in total. The number of likely N-dealkylation sites (tertiary alicyclic amines) is 2. The summed E-state index contributed by atoms with van der Waals surface area (Å²) in [5, 5.41) is 5.91. The third kappa shape index (κ3) is 3.57. The lowest BCUT2D eigenvalue weighted by molar-refractivity contribution is 0.222. The smallest absolute Gasteiger partial charge is 0.321 e. The molecule has 0 unspecified atom stereocenters. The number of benzene rings is 1. The maximum absolute atomic E-state index is 12.2. The van der Waals surface area contributed by atoms with E-state index in [1.807, 2.05) is 34.9 Å². The molecular formula is C17H24N4O2. The number of nitrogens with zero attached hydrogens (tertiary/aromatic N) is 2. The zero-order valence-corrected chi connectivity index (χ0v) is 13.6. The van der Waals surface area contributed by atoms with Crippen molar-refractivity contribution in [3.63, 3.8) is 0 Å². The summed E-state index contributed by atoms with van der Waals surface area (Å²) in [6.45, 7) is 5.18. The van der Waals surface area contributed by atoms with Gasteiger partial charge in [-0.2, -0.15) is 0 Å². The second kappa shape index (κ2) is 6.89. The highest BCUT2D eigenvalue weighted by Gasteiger charge is 2.20. The Kier molecular flexibility index (Phi) is 4.69. The van der Waals surface area contributed by atoms with Crippen molar-refractivity contribution in [2.45, 2.75) is 32.6 Å². The molecule has 4 amide bonds. The average Bonchev–Trinajstić information content (AvgIpc) is 3.24. The summed E-state index contributed by atoms with van der Waals surface area (Å²) >= 11 is 0. The molecule has 2 heterocycles. The van der Waals surface area contributed by atoms with E-state index < -0.39 is 0 Å². The SMILES string of the molecule is Cc1c(NC(=O)N2CCCC2)cccc1NC(=O)N1CCCC1. The molecule has 0 aromatic heterocycles. The largest absolute Gasteiger partial charge is 0.325 e. The van der Waals surface area contributed by atoms with Crippen LogP contribution in [0.4, 0.5) is 21.0 Å². The number of carbonyl (C=O) groups excluding carboxylic acids is 2. The van der Waals surface area contributed by atoms with Crippen molar-refractivity contribution in [3.05, 3.63) is 23.8 Å². The van der Waals surface area contributed by atoms with Gasteiger partial charge in [0.05, 0.1) is 0 Å². The lowest BCUT2D eigenvalue weighted by atomic mass is 10.1. The van der Waals surface area contributed by atoms with Crippen LogP contribution in [-0.4, -0.2) is 48.0 Å². The topological polar surface area (TPSA) is 64.7 Å². The van der Waals surface area contributed by atoms with Crippen LogP contribution >= 0.6 is 0 Å². The summed E-state index contributed by atoms with van der Waals surface area (Å²) in [7, 11) is 0. The predicted molar refractivity (Wildman–Crippen MR) is 90.8 cm³/mol. The third-order valence-electron chi connectivity index (χ3n) is 4.60. The van der Waals surface area contributed by atoms with Gasteiger partial charge in [-0.05, 0) is 50.3 Å². The van der Waals surface area contributed by atoms with E-state index >= 15 is 0 Å². The molecule has 23 heavy (non-hydrogen) atoms. The van der Waals surface area contributed by atoms with Crippen molar-refractivity contribution in [2.24, 2.45) is 0 Å². The molecule has 6 nitrogen and oxygen atoms in total. The normalized spacial score (nSPS) is 17.4. The molecule has 0 spiro atoms. The highest BCUT2D eigenvalue weighted by atomic mass is 16.2. The molecule has 2 aliphatic heterocycles. The van der Waals surface area contributed by atoms with Crippen molar-refractivity contribution in [3.8, 4) is 0 Å². The number of hydrogen-bond donors (Lipinski definition) is 2. The van der Waals surface area contributed by atoms with Gasteiger partial charge in [0, 0.05) is 37.6 Å². The van der Waals surface area contributed by atoms with E-state index in [-0.39, 0.29) is 12.1 Å². The monoisotopic (exact) mass is 316 g/mol. The quantitative estimate of drug-likeness (QED) is 0.879. The second-order valence-electron chi connectivity index (χ2n) is 6.23. The van der Waals surface area contributed by atoms with E-state index in [2.05, 4.69) is 10.6 Å². The molecule has 2 saturated heterocycles. The minimum absolute atomic E-state index is 0.0615. The van der Waals surface area contributed by atoms with Gasteiger partial charge in [-0.3, -0.25) is 0 Å². The summed E-state index contributed by atoms with van der Waals surface area (Å²) in [5.41, 5.74) is 2.38. The van der Waals surface area contributed by atoms with Crippen molar-refractivity contribution in [1.29, 1.82) is 0 Å². The summed E-state index contributed by atoms with van der Waals surface area (Å²) in [4.78, 5) is 28.1. The number of anilines is 2. The number of urea groups is 2. The first kappa shape index (κ1) is 15.6. The highest BCUT2D eigenvalue weighted by Crippen LogP contribution is 2.25. The number of hydrogen-bond acceptors (Lipinski definition) is 2. The lowest BCUT2D eigenvalue weighted by Gasteiger charge is -2.20. The van der Waals surface area contributed by atoms with Gasteiger partial charge in [0.1, 0.15) is 0 Å².